The average Bonchev–Trinajstić information content (AvgIpc) is 3.40. The highest BCUT2D eigenvalue weighted by molar-refractivity contribution is 6.30. The van der Waals surface area contributed by atoms with Gasteiger partial charge in [0.1, 0.15) is 11.8 Å². The Morgan fingerprint density at radius 2 is 2.10 bits per heavy atom. The Bertz CT molecular complexity index is 1200. The van der Waals surface area contributed by atoms with Crippen LogP contribution in [0.4, 0.5) is 0 Å². The molecule has 152 valence electrons. The van der Waals surface area contributed by atoms with Gasteiger partial charge in [-0.05, 0) is 43.0 Å². The Hall–Kier alpha value is -3.12. The number of benzene rings is 2. The first-order valence-electron chi connectivity index (χ1n) is 10.1. The number of H-pyrrole nitrogens is 1. The van der Waals surface area contributed by atoms with Gasteiger partial charge in [-0.3, -0.25) is 9.89 Å². The highest BCUT2D eigenvalue weighted by atomic mass is 35.5. The van der Waals surface area contributed by atoms with E-state index in [1.807, 2.05) is 53.4 Å². The maximum absolute atomic E-state index is 13.4. The molecule has 2 aromatic carbocycles. The van der Waals surface area contributed by atoms with E-state index in [1.165, 1.54) is 0 Å². The molecule has 3 heterocycles. The summed E-state index contributed by atoms with van der Waals surface area (Å²) in [5.74, 6) is 1.25. The van der Waals surface area contributed by atoms with Crippen LogP contribution < -0.4 is 0 Å². The number of aromatic amines is 1. The fraction of sp³-hybridized carbons (Fsp3) is 0.261. The highest BCUT2D eigenvalue weighted by Crippen LogP contribution is 2.33. The Balaban J connectivity index is 1.40. The van der Waals surface area contributed by atoms with E-state index in [0.29, 0.717) is 29.6 Å². The lowest BCUT2D eigenvalue weighted by molar-refractivity contribution is 0.0566. The number of likely N-dealkylation sites (tertiary alicyclic amines) is 1. The highest BCUT2D eigenvalue weighted by Gasteiger charge is 2.33. The summed E-state index contributed by atoms with van der Waals surface area (Å²) in [6, 6.07) is 15.2. The fourth-order valence-electron chi connectivity index (χ4n) is 4.10. The number of oxazole rings is 1. The van der Waals surface area contributed by atoms with E-state index in [-0.39, 0.29) is 11.9 Å². The molecule has 0 radical (unpaired) electrons. The summed E-state index contributed by atoms with van der Waals surface area (Å²) in [5.41, 5.74) is 2.36. The van der Waals surface area contributed by atoms with Crippen molar-refractivity contribution in [3.8, 4) is 0 Å². The maximum Gasteiger partial charge on any atom is 0.275 e. The van der Waals surface area contributed by atoms with Crippen molar-refractivity contribution in [2.75, 3.05) is 6.54 Å². The van der Waals surface area contributed by atoms with Gasteiger partial charge in [0, 0.05) is 23.4 Å². The van der Waals surface area contributed by atoms with E-state index in [0.717, 1.165) is 41.5 Å². The summed E-state index contributed by atoms with van der Waals surface area (Å²) < 4.78 is 6.08. The van der Waals surface area contributed by atoms with Crippen LogP contribution in [0, 0.1) is 0 Å². The van der Waals surface area contributed by atoms with E-state index in [1.54, 1.807) is 6.20 Å². The van der Waals surface area contributed by atoms with Crippen LogP contribution in [-0.2, 0) is 6.42 Å². The van der Waals surface area contributed by atoms with Gasteiger partial charge in [0.25, 0.3) is 5.91 Å². The van der Waals surface area contributed by atoms with Crippen LogP contribution in [-0.4, -0.2) is 32.5 Å². The van der Waals surface area contributed by atoms with Gasteiger partial charge in [-0.25, -0.2) is 4.98 Å². The Kier molecular flexibility index (Phi) is 5.01. The van der Waals surface area contributed by atoms with E-state index >= 15 is 0 Å². The minimum atomic E-state index is -0.185. The predicted octanol–water partition coefficient (Wildman–Crippen LogP) is 5.16. The van der Waals surface area contributed by atoms with Gasteiger partial charge in [0.2, 0.25) is 5.89 Å². The Morgan fingerprint density at radius 3 is 3.00 bits per heavy atom. The van der Waals surface area contributed by atoms with Gasteiger partial charge in [-0.2, -0.15) is 5.10 Å². The topological polar surface area (TPSA) is 75.0 Å². The molecule has 1 saturated heterocycles. The van der Waals surface area contributed by atoms with Gasteiger partial charge < -0.3 is 9.32 Å². The van der Waals surface area contributed by atoms with Crippen molar-refractivity contribution >= 4 is 28.4 Å². The average molecular weight is 421 g/mol. The summed E-state index contributed by atoms with van der Waals surface area (Å²) in [7, 11) is 0. The number of nitrogens with zero attached hydrogens (tertiary/aromatic N) is 3. The van der Waals surface area contributed by atoms with E-state index < -0.39 is 0 Å². The number of carbonyl (C=O) groups excluding carboxylic acids is 1. The molecule has 2 aromatic heterocycles. The number of fused-ring (bicyclic) bond motifs is 1. The smallest absolute Gasteiger partial charge is 0.275 e. The van der Waals surface area contributed by atoms with Crippen molar-refractivity contribution in [3.63, 3.8) is 0 Å². The number of hydrogen-bond acceptors (Lipinski definition) is 4. The maximum atomic E-state index is 13.4. The molecule has 4 aromatic rings. The number of rotatable bonds is 4. The summed E-state index contributed by atoms with van der Waals surface area (Å²) in [6.07, 6.45) is 5.17. The van der Waals surface area contributed by atoms with E-state index in [2.05, 4.69) is 15.2 Å². The monoisotopic (exact) mass is 420 g/mol. The molecule has 1 amide bonds. The van der Waals surface area contributed by atoms with Crippen LogP contribution in [0.25, 0.3) is 10.9 Å². The lowest BCUT2D eigenvalue weighted by Gasteiger charge is -2.33. The zero-order valence-electron chi connectivity index (χ0n) is 16.3. The van der Waals surface area contributed by atoms with E-state index in [9.17, 15) is 4.79 Å². The summed E-state index contributed by atoms with van der Waals surface area (Å²) in [6.45, 7) is 0.663. The number of hydrogen-bond donors (Lipinski definition) is 1. The predicted molar refractivity (Wildman–Crippen MR) is 114 cm³/mol. The molecule has 6 nitrogen and oxygen atoms in total. The third kappa shape index (κ3) is 3.59. The summed E-state index contributed by atoms with van der Waals surface area (Å²) >= 11 is 6.08. The van der Waals surface area contributed by atoms with Crippen LogP contribution in [0.15, 0.2) is 59.1 Å². The first-order valence-corrected chi connectivity index (χ1v) is 10.5. The quantitative estimate of drug-likeness (QED) is 0.494. The molecule has 0 aliphatic carbocycles. The number of nitrogens with one attached hydrogen (secondary N) is 1. The SMILES string of the molecule is O=C(c1n[nH]c2ccccc12)N1CCCC[C@@H]1c1ncc(Cc2cccc(Cl)c2)o1. The lowest BCUT2D eigenvalue weighted by Crippen LogP contribution is -2.39. The van der Waals surface area contributed by atoms with Crippen molar-refractivity contribution in [2.45, 2.75) is 31.7 Å². The standard InChI is InChI=1S/C23H21ClN4O2/c24-16-7-5-6-15(12-16)13-17-14-25-22(30-17)20-10-3-4-11-28(20)23(29)21-18-8-1-2-9-19(18)26-27-21/h1-2,5-9,12,14,20H,3-4,10-11,13H2,(H,26,27)/t20-/m1/s1. The number of aromatic nitrogens is 3. The van der Waals surface area contributed by atoms with Gasteiger partial charge >= 0.3 is 0 Å². The Morgan fingerprint density at radius 1 is 1.20 bits per heavy atom. The molecule has 5 rings (SSSR count). The zero-order chi connectivity index (χ0) is 20.5. The minimum absolute atomic E-state index is 0.0910. The second-order valence-corrected chi connectivity index (χ2v) is 8.04. The van der Waals surface area contributed by atoms with Crippen molar-refractivity contribution in [3.05, 3.63) is 82.7 Å². The van der Waals surface area contributed by atoms with Crippen molar-refractivity contribution in [1.82, 2.24) is 20.1 Å². The lowest BCUT2D eigenvalue weighted by atomic mass is 10.0. The molecule has 1 aliphatic heterocycles. The molecule has 0 unspecified atom stereocenters. The molecule has 0 spiro atoms. The molecular formula is C23H21ClN4O2. The van der Waals surface area contributed by atoms with Crippen LogP contribution in [0.5, 0.6) is 0 Å². The summed E-state index contributed by atoms with van der Waals surface area (Å²) in [4.78, 5) is 19.7. The molecule has 1 N–H and O–H groups in total. The number of carbonyl (C=O) groups is 1. The van der Waals surface area contributed by atoms with Crippen molar-refractivity contribution in [1.29, 1.82) is 0 Å². The number of halogens is 1. The molecule has 1 atom stereocenters. The number of amides is 1. The van der Waals surface area contributed by atoms with Crippen LogP contribution in [0.3, 0.4) is 0 Å². The molecule has 0 bridgehead atoms. The second kappa shape index (κ2) is 7.95. The molecule has 1 fully saturated rings. The molecule has 30 heavy (non-hydrogen) atoms. The van der Waals surface area contributed by atoms with Gasteiger partial charge in [-0.15, -0.1) is 0 Å². The normalized spacial score (nSPS) is 16.8. The van der Waals surface area contributed by atoms with Crippen LogP contribution in [0.2, 0.25) is 5.02 Å². The summed E-state index contributed by atoms with van der Waals surface area (Å²) in [5, 5.41) is 8.77. The molecular weight excluding hydrogens is 400 g/mol. The molecule has 1 aliphatic rings. The number of piperidine rings is 1. The largest absolute Gasteiger partial charge is 0.443 e. The first kappa shape index (κ1) is 18.9. The molecule has 0 saturated carbocycles. The zero-order valence-corrected chi connectivity index (χ0v) is 17.1. The van der Waals surface area contributed by atoms with Crippen molar-refractivity contribution < 1.29 is 9.21 Å². The Labute approximate surface area is 178 Å². The minimum Gasteiger partial charge on any atom is -0.443 e. The number of para-hydroxylation sites is 1. The van der Waals surface area contributed by atoms with E-state index in [4.69, 9.17) is 16.0 Å². The first-order chi connectivity index (χ1) is 14.7. The third-order valence-corrected chi connectivity index (χ3v) is 5.80. The fourth-order valence-corrected chi connectivity index (χ4v) is 4.31. The van der Waals surface area contributed by atoms with Crippen molar-refractivity contribution in [2.24, 2.45) is 0 Å². The molecule has 7 heteroatoms. The van der Waals surface area contributed by atoms with Gasteiger partial charge in [0.15, 0.2) is 5.69 Å². The second-order valence-electron chi connectivity index (χ2n) is 7.60. The van der Waals surface area contributed by atoms with Crippen LogP contribution in [0.1, 0.15) is 53.0 Å². The van der Waals surface area contributed by atoms with Crippen LogP contribution >= 0.6 is 11.6 Å². The van der Waals surface area contributed by atoms with Gasteiger partial charge in [0.05, 0.1) is 11.7 Å². The van der Waals surface area contributed by atoms with Gasteiger partial charge in [-0.1, -0.05) is 41.9 Å². The third-order valence-electron chi connectivity index (χ3n) is 5.56.